The number of non-ortho nitro benzene ring substituents is 1. The third kappa shape index (κ3) is 6.96. The molecule has 1 aliphatic rings. The maximum Gasteiger partial charge on any atom is 0.269 e. The van der Waals surface area contributed by atoms with Crippen molar-refractivity contribution in [1.29, 1.82) is 0 Å². The molecular weight excluding hydrogens is 495 g/mol. The van der Waals surface area contributed by atoms with Crippen molar-refractivity contribution in [2.24, 2.45) is 18.0 Å². The average Bonchev–Trinajstić information content (AvgIpc) is 3.34. The van der Waals surface area contributed by atoms with Crippen molar-refractivity contribution in [3.63, 3.8) is 0 Å². The summed E-state index contributed by atoms with van der Waals surface area (Å²) in [7, 11) is 3.80. The fourth-order valence-electron chi connectivity index (χ4n) is 3.87. The van der Waals surface area contributed by atoms with Crippen molar-refractivity contribution < 1.29 is 4.92 Å². The third-order valence-corrected chi connectivity index (χ3v) is 5.40. The van der Waals surface area contributed by atoms with Gasteiger partial charge in [-0.05, 0) is 49.1 Å². The van der Waals surface area contributed by atoms with Gasteiger partial charge in [0.15, 0.2) is 5.96 Å². The van der Waals surface area contributed by atoms with Crippen molar-refractivity contribution in [3.8, 4) is 0 Å². The number of aromatic nitrogens is 2. The molecule has 0 spiro atoms. The Morgan fingerprint density at radius 3 is 2.70 bits per heavy atom. The second-order valence-corrected chi connectivity index (χ2v) is 7.68. The number of hydrogen-bond donors (Lipinski definition) is 1. The number of hydrogen-bond acceptors (Lipinski definition) is 4. The van der Waals surface area contributed by atoms with Crippen LogP contribution in [-0.2, 0) is 19.9 Å². The summed E-state index contributed by atoms with van der Waals surface area (Å²) in [5, 5.41) is 18.4. The highest BCUT2D eigenvalue weighted by atomic mass is 127. The van der Waals surface area contributed by atoms with E-state index in [0.29, 0.717) is 5.92 Å². The van der Waals surface area contributed by atoms with Crippen LogP contribution in [0.3, 0.4) is 0 Å². The molecule has 1 unspecified atom stereocenters. The molecule has 1 aromatic carbocycles. The Morgan fingerprint density at radius 2 is 2.07 bits per heavy atom. The molecular formula is C21H31IN6O2. The summed E-state index contributed by atoms with van der Waals surface area (Å²) in [5.41, 5.74) is 2.58. The summed E-state index contributed by atoms with van der Waals surface area (Å²) in [6.45, 7) is 2.94. The predicted molar refractivity (Wildman–Crippen MR) is 129 cm³/mol. The SMILES string of the molecule is CN=C(NCCCCc1ccc([N+](=O)[O-])cc1)N1CCC(Cc2cnn(C)c2)C1.I. The van der Waals surface area contributed by atoms with Gasteiger partial charge in [-0.15, -0.1) is 24.0 Å². The second-order valence-electron chi connectivity index (χ2n) is 7.68. The highest BCUT2D eigenvalue weighted by molar-refractivity contribution is 14.0. The van der Waals surface area contributed by atoms with E-state index in [4.69, 9.17) is 0 Å². The number of unbranched alkanes of at least 4 members (excludes halogenated alkanes) is 1. The largest absolute Gasteiger partial charge is 0.356 e. The first-order valence-corrected chi connectivity index (χ1v) is 10.2. The van der Waals surface area contributed by atoms with Crippen LogP contribution in [0.4, 0.5) is 5.69 Å². The zero-order chi connectivity index (χ0) is 20.6. The van der Waals surface area contributed by atoms with Crippen LogP contribution >= 0.6 is 24.0 Å². The molecule has 8 nitrogen and oxygen atoms in total. The maximum absolute atomic E-state index is 10.7. The first kappa shape index (κ1) is 24.1. The van der Waals surface area contributed by atoms with Gasteiger partial charge >= 0.3 is 0 Å². The topological polar surface area (TPSA) is 88.6 Å². The fraction of sp³-hybridized carbons (Fsp3) is 0.524. The molecule has 0 bridgehead atoms. The fourth-order valence-corrected chi connectivity index (χ4v) is 3.87. The molecule has 2 aromatic rings. The van der Waals surface area contributed by atoms with Gasteiger partial charge in [0.25, 0.3) is 5.69 Å². The van der Waals surface area contributed by atoms with Crippen LogP contribution in [0.15, 0.2) is 41.7 Å². The summed E-state index contributed by atoms with van der Waals surface area (Å²) in [6.07, 6.45) is 9.29. The number of guanidine groups is 1. The minimum atomic E-state index is -0.362. The van der Waals surface area contributed by atoms with Crippen molar-refractivity contribution in [2.75, 3.05) is 26.7 Å². The van der Waals surface area contributed by atoms with E-state index in [9.17, 15) is 10.1 Å². The van der Waals surface area contributed by atoms with E-state index in [1.54, 1.807) is 12.1 Å². The van der Waals surface area contributed by atoms with Gasteiger partial charge in [0.1, 0.15) is 0 Å². The number of rotatable bonds is 8. The Kier molecular flexibility index (Phi) is 9.54. The number of aryl methyl sites for hydroxylation is 2. The van der Waals surface area contributed by atoms with E-state index in [1.807, 2.05) is 37.1 Å². The number of nitrogens with one attached hydrogen (secondary N) is 1. The lowest BCUT2D eigenvalue weighted by Gasteiger charge is -2.21. The van der Waals surface area contributed by atoms with Crippen molar-refractivity contribution >= 4 is 35.6 Å². The van der Waals surface area contributed by atoms with Crippen LogP contribution in [0.1, 0.15) is 30.4 Å². The summed E-state index contributed by atoms with van der Waals surface area (Å²) in [5.74, 6) is 1.62. The molecule has 9 heteroatoms. The van der Waals surface area contributed by atoms with Gasteiger partial charge in [0, 0.05) is 52.1 Å². The molecule has 0 radical (unpaired) electrons. The molecule has 0 amide bonds. The lowest BCUT2D eigenvalue weighted by Crippen LogP contribution is -2.40. The number of nitro benzene ring substituents is 1. The van der Waals surface area contributed by atoms with Crippen LogP contribution in [-0.4, -0.2) is 52.2 Å². The van der Waals surface area contributed by atoms with Gasteiger partial charge in [-0.3, -0.25) is 19.8 Å². The molecule has 1 fully saturated rings. The van der Waals surface area contributed by atoms with Crippen LogP contribution < -0.4 is 5.32 Å². The first-order chi connectivity index (χ1) is 14.0. The average molecular weight is 526 g/mol. The minimum absolute atomic E-state index is 0. The van der Waals surface area contributed by atoms with Gasteiger partial charge in [-0.25, -0.2) is 0 Å². The zero-order valence-corrected chi connectivity index (χ0v) is 20.0. The number of halogens is 1. The molecule has 1 aromatic heterocycles. The second kappa shape index (κ2) is 11.9. The van der Waals surface area contributed by atoms with Crippen molar-refractivity contribution in [2.45, 2.75) is 32.1 Å². The Morgan fingerprint density at radius 1 is 1.30 bits per heavy atom. The highest BCUT2D eigenvalue weighted by Crippen LogP contribution is 2.20. The van der Waals surface area contributed by atoms with Gasteiger partial charge in [-0.2, -0.15) is 5.10 Å². The molecule has 1 saturated heterocycles. The van der Waals surface area contributed by atoms with Crippen LogP contribution in [0.2, 0.25) is 0 Å². The van der Waals surface area contributed by atoms with Crippen molar-refractivity contribution in [1.82, 2.24) is 20.0 Å². The van der Waals surface area contributed by atoms with E-state index in [-0.39, 0.29) is 34.6 Å². The molecule has 3 rings (SSSR count). The third-order valence-electron chi connectivity index (χ3n) is 5.40. The number of benzene rings is 1. The van der Waals surface area contributed by atoms with Gasteiger partial charge in [-0.1, -0.05) is 12.1 Å². The summed E-state index contributed by atoms with van der Waals surface area (Å²) in [4.78, 5) is 17.1. The minimum Gasteiger partial charge on any atom is -0.356 e. The standard InChI is InChI=1S/C21H30N6O2.HI/c1-22-21(26-12-10-18(16-26)13-19-14-24-25(2)15-19)23-11-4-3-5-17-6-8-20(9-7-17)27(28)29;/h6-9,14-15,18H,3-5,10-13,16H2,1-2H3,(H,22,23);1H. The van der Waals surface area contributed by atoms with E-state index in [1.165, 1.54) is 12.0 Å². The quantitative estimate of drug-likeness (QED) is 0.142. The maximum atomic E-state index is 10.7. The van der Waals surface area contributed by atoms with Crippen LogP contribution in [0.25, 0.3) is 0 Å². The first-order valence-electron chi connectivity index (χ1n) is 10.2. The summed E-state index contributed by atoms with van der Waals surface area (Å²) < 4.78 is 1.86. The molecule has 1 aliphatic heterocycles. The molecule has 1 atom stereocenters. The Hall–Kier alpha value is -2.17. The smallest absolute Gasteiger partial charge is 0.269 e. The van der Waals surface area contributed by atoms with Gasteiger partial charge in [0.2, 0.25) is 0 Å². The van der Waals surface area contributed by atoms with E-state index in [0.717, 1.165) is 56.8 Å². The van der Waals surface area contributed by atoms with Crippen LogP contribution in [0, 0.1) is 16.0 Å². The lowest BCUT2D eigenvalue weighted by atomic mass is 10.0. The van der Waals surface area contributed by atoms with E-state index in [2.05, 4.69) is 26.5 Å². The number of likely N-dealkylation sites (tertiary alicyclic amines) is 1. The molecule has 2 heterocycles. The van der Waals surface area contributed by atoms with Gasteiger partial charge < -0.3 is 10.2 Å². The normalized spacial score (nSPS) is 16.4. The molecule has 0 saturated carbocycles. The number of aliphatic imine (C=N–C) groups is 1. The van der Waals surface area contributed by atoms with E-state index < -0.39 is 0 Å². The Bertz CT molecular complexity index is 836. The predicted octanol–water partition coefficient (Wildman–Crippen LogP) is 3.41. The Balaban J connectivity index is 0.00000320. The monoisotopic (exact) mass is 526 g/mol. The van der Waals surface area contributed by atoms with Crippen molar-refractivity contribution in [3.05, 3.63) is 57.9 Å². The molecule has 164 valence electrons. The molecule has 30 heavy (non-hydrogen) atoms. The van der Waals surface area contributed by atoms with E-state index >= 15 is 0 Å². The zero-order valence-electron chi connectivity index (χ0n) is 17.7. The highest BCUT2D eigenvalue weighted by Gasteiger charge is 2.25. The number of nitro groups is 1. The summed E-state index contributed by atoms with van der Waals surface area (Å²) in [6, 6.07) is 6.84. The molecule has 0 aliphatic carbocycles. The number of nitrogens with zero attached hydrogens (tertiary/aromatic N) is 5. The lowest BCUT2D eigenvalue weighted by molar-refractivity contribution is -0.384. The van der Waals surface area contributed by atoms with Gasteiger partial charge in [0.05, 0.1) is 11.1 Å². The van der Waals surface area contributed by atoms with Crippen LogP contribution in [0.5, 0.6) is 0 Å². The molecule has 1 N–H and O–H groups in total. The summed E-state index contributed by atoms with van der Waals surface area (Å²) >= 11 is 0. The Labute approximate surface area is 194 Å².